The summed E-state index contributed by atoms with van der Waals surface area (Å²) in [5, 5.41) is 16.5. The van der Waals surface area contributed by atoms with Crippen LogP contribution in [0.5, 0.6) is 0 Å². The fraction of sp³-hybridized carbons (Fsp3) is 0.160. The third-order valence-corrected chi connectivity index (χ3v) is 6.35. The van der Waals surface area contributed by atoms with Crippen LogP contribution in [-0.4, -0.2) is 24.2 Å². The molecular formula is C25H22BrN3O3S. The molecule has 1 heterocycles. The summed E-state index contributed by atoms with van der Waals surface area (Å²) in [6.45, 7) is 5.41. The molecule has 33 heavy (non-hydrogen) atoms. The van der Waals surface area contributed by atoms with Crippen molar-refractivity contribution in [1.82, 2.24) is 5.32 Å². The number of esters is 1. The summed E-state index contributed by atoms with van der Waals surface area (Å²) < 4.78 is 6.21. The number of hydrogen-bond donors (Lipinski definition) is 2. The molecule has 0 aromatic heterocycles. The minimum absolute atomic E-state index is 0.0700. The van der Waals surface area contributed by atoms with E-state index in [4.69, 9.17) is 4.74 Å². The standard InChI is InChI=1S/C25H22BrN3O3S/c1-3-13-32-25(31)22-16(2)28-24(20(14-27)23(22)17-7-5-4-6-8-17)33-15-21(30)29-19-11-9-18(26)10-12-19/h3-12,23,28H,1,13,15H2,2H3,(H,29,30)/t23-/m1/s1. The van der Waals surface area contributed by atoms with E-state index in [9.17, 15) is 14.9 Å². The Hall–Kier alpha value is -3.28. The van der Waals surface area contributed by atoms with Crippen LogP contribution in [0.15, 0.2) is 93.6 Å². The number of dihydropyridines is 1. The van der Waals surface area contributed by atoms with E-state index in [2.05, 4.69) is 39.2 Å². The maximum absolute atomic E-state index is 12.8. The van der Waals surface area contributed by atoms with Crippen molar-refractivity contribution in [3.63, 3.8) is 0 Å². The number of thioether (sulfide) groups is 1. The van der Waals surface area contributed by atoms with Crippen molar-refractivity contribution in [2.75, 3.05) is 17.7 Å². The van der Waals surface area contributed by atoms with E-state index in [1.54, 1.807) is 19.1 Å². The zero-order valence-corrected chi connectivity index (χ0v) is 20.3. The predicted octanol–water partition coefficient (Wildman–Crippen LogP) is 5.25. The molecule has 0 spiro atoms. The van der Waals surface area contributed by atoms with Gasteiger partial charge in [0, 0.05) is 15.9 Å². The molecule has 0 saturated heterocycles. The Morgan fingerprint density at radius 3 is 2.58 bits per heavy atom. The molecule has 1 aliphatic heterocycles. The Morgan fingerprint density at radius 2 is 1.94 bits per heavy atom. The van der Waals surface area contributed by atoms with E-state index in [0.717, 1.165) is 10.0 Å². The molecule has 2 aromatic carbocycles. The van der Waals surface area contributed by atoms with Crippen LogP contribution in [0, 0.1) is 11.3 Å². The van der Waals surface area contributed by atoms with Gasteiger partial charge in [-0.25, -0.2) is 4.79 Å². The Kier molecular flexibility index (Phi) is 8.52. The summed E-state index contributed by atoms with van der Waals surface area (Å²) in [6, 6.07) is 18.8. The van der Waals surface area contributed by atoms with E-state index < -0.39 is 11.9 Å². The number of nitrogens with zero attached hydrogens (tertiary/aromatic N) is 1. The van der Waals surface area contributed by atoms with Crippen LogP contribution in [0.25, 0.3) is 0 Å². The number of carbonyl (C=O) groups excluding carboxylic acids is 2. The third-order valence-electron chi connectivity index (χ3n) is 4.81. The van der Waals surface area contributed by atoms with Crippen LogP contribution in [0.1, 0.15) is 18.4 Å². The third kappa shape index (κ3) is 6.15. The highest BCUT2D eigenvalue weighted by Crippen LogP contribution is 2.40. The van der Waals surface area contributed by atoms with E-state index in [0.29, 0.717) is 27.6 Å². The number of rotatable bonds is 8. The summed E-state index contributed by atoms with van der Waals surface area (Å²) in [4.78, 5) is 25.3. The molecule has 1 atom stereocenters. The van der Waals surface area contributed by atoms with E-state index in [1.807, 2.05) is 42.5 Å². The highest BCUT2D eigenvalue weighted by molar-refractivity contribution is 9.10. The largest absolute Gasteiger partial charge is 0.458 e. The highest BCUT2D eigenvalue weighted by Gasteiger charge is 2.35. The highest BCUT2D eigenvalue weighted by atomic mass is 79.9. The molecule has 168 valence electrons. The van der Waals surface area contributed by atoms with E-state index >= 15 is 0 Å². The Labute approximate surface area is 205 Å². The van der Waals surface area contributed by atoms with Crippen LogP contribution >= 0.6 is 27.7 Å². The first-order valence-corrected chi connectivity index (χ1v) is 11.9. The fourth-order valence-corrected chi connectivity index (χ4v) is 4.51. The lowest BCUT2D eigenvalue weighted by molar-refractivity contribution is -0.138. The van der Waals surface area contributed by atoms with Crippen molar-refractivity contribution in [1.29, 1.82) is 5.26 Å². The second-order valence-electron chi connectivity index (χ2n) is 7.09. The number of halogens is 1. The maximum Gasteiger partial charge on any atom is 0.337 e. The molecule has 0 saturated carbocycles. The topological polar surface area (TPSA) is 91.2 Å². The first-order valence-electron chi connectivity index (χ1n) is 10.1. The first-order chi connectivity index (χ1) is 15.9. The minimum Gasteiger partial charge on any atom is -0.458 e. The van der Waals surface area contributed by atoms with E-state index in [-0.39, 0.29) is 18.3 Å². The Morgan fingerprint density at radius 1 is 1.24 bits per heavy atom. The number of hydrogen-bond acceptors (Lipinski definition) is 6. The summed E-state index contributed by atoms with van der Waals surface area (Å²) in [5.74, 6) is -1.23. The van der Waals surface area contributed by atoms with Gasteiger partial charge >= 0.3 is 5.97 Å². The lowest BCUT2D eigenvalue weighted by atomic mass is 9.82. The smallest absolute Gasteiger partial charge is 0.337 e. The summed E-state index contributed by atoms with van der Waals surface area (Å²) in [5.41, 5.74) is 2.77. The normalized spacial score (nSPS) is 15.4. The van der Waals surface area contributed by atoms with Gasteiger partial charge in [-0.15, -0.1) is 0 Å². The van der Waals surface area contributed by atoms with Crippen LogP contribution in [-0.2, 0) is 14.3 Å². The van der Waals surface area contributed by atoms with Crippen LogP contribution in [0.4, 0.5) is 5.69 Å². The average Bonchev–Trinajstić information content (AvgIpc) is 2.82. The number of benzene rings is 2. The van der Waals surface area contributed by atoms with Crippen LogP contribution in [0.3, 0.4) is 0 Å². The van der Waals surface area contributed by atoms with Crippen molar-refractivity contribution in [2.24, 2.45) is 0 Å². The van der Waals surface area contributed by atoms with Gasteiger partial charge in [0.05, 0.1) is 33.9 Å². The molecular weight excluding hydrogens is 502 g/mol. The summed E-state index contributed by atoms with van der Waals surface area (Å²) in [7, 11) is 0. The number of carbonyl (C=O) groups is 2. The molecule has 0 bridgehead atoms. The maximum atomic E-state index is 12.8. The molecule has 2 aromatic rings. The van der Waals surface area contributed by atoms with Gasteiger partial charge in [-0.05, 0) is 36.8 Å². The summed E-state index contributed by atoms with van der Waals surface area (Å²) in [6.07, 6.45) is 1.49. The number of amides is 1. The SMILES string of the molecule is C=CCOC(=O)C1=C(C)NC(SCC(=O)Nc2ccc(Br)cc2)=C(C#N)[C@H]1c1ccccc1. The van der Waals surface area contributed by atoms with Crippen LogP contribution in [0.2, 0.25) is 0 Å². The molecule has 2 N–H and O–H groups in total. The number of anilines is 1. The average molecular weight is 524 g/mol. The lowest BCUT2D eigenvalue weighted by Gasteiger charge is -2.29. The molecule has 8 heteroatoms. The quantitative estimate of drug-likeness (QED) is 0.362. The Bertz CT molecular complexity index is 1150. The zero-order chi connectivity index (χ0) is 23.8. The van der Waals surface area contributed by atoms with Crippen molar-refractivity contribution < 1.29 is 14.3 Å². The van der Waals surface area contributed by atoms with Gasteiger partial charge in [0.2, 0.25) is 5.91 Å². The van der Waals surface area contributed by atoms with Gasteiger partial charge in [-0.2, -0.15) is 5.26 Å². The fourth-order valence-electron chi connectivity index (χ4n) is 3.36. The molecule has 0 aliphatic carbocycles. The summed E-state index contributed by atoms with van der Waals surface area (Å²) >= 11 is 4.58. The number of ether oxygens (including phenoxy) is 1. The number of allylic oxidation sites excluding steroid dienone is 2. The molecule has 1 aliphatic rings. The van der Waals surface area contributed by atoms with Gasteiger partial charge in [-0.3, -0.25) is 4.79 Å². The van der Waals surface area contributed by atoms with Gasteiger partial charge in [0.1, 0.15) is 6.61 Å². The van der Waals surface area contributed by atoms with Crippen molar-refractivity contribution in [2.45, 2.75) is 12.8 Å². The number of nitrogens with one attached hydrogen (secondary N) is 2. The van der Waals surface area contributed by atoms with Crippen molar-refractivity contribution in [3.05, 3.63) is 99.2 Å². The predicted molar refractivity (Wildman–Crippen MR) is 134 cm³/mol. The Balaban J connectivity index is 1.86. The van der Waals surface area contributed by atoms with Crippen LogP contribution < -0.4 is 10.6 Å². The van der Waals surface area contributed by atoms with Crippen molar-refractivity contribution in [3.8, 4) is 6.07 Å². The molecule has 1 amide bonds. The van der Waals surface area contributed by atoms with Gasteiger partial charge in [0.15, 0.2) is 0 Å². The van der Waals surface area contributed by atoms with E-state index in [1.165, 1.54) is 17.8 Å². The molecule has 0 radical (unpaired) electrons. The van der Waals surface area contributed by atoms with Gasteiger partial charge in [-0.1, -0.05) is 70.7 Å². The second-order valence-corrected chi connectivity index (χ2v) is 8.99. The molecule has 0 unspecified atom stereocenters. The monoisotopic (exact) mass is 523 g/mol. The molecule has 0 fully saturated rings. The van der Waals surface area contributed by atoms with Gasteiger partial charge in [0.25, 0.3) is 0 Å². The van der Waals surface area contributed by atoms with Gasteiger partial charge < -0.3 is 15.4 Å². The first kappa shape index (κ1) is 24.4. The zero-order valence-electron chi connectivity index (χ0n) is 17.9. The number of nitriles is 1. The van der Waals surface area contributed by atoms with Crippen molar-refractivity contribution >= 4 is 45.3 Å². The second kappa shape index (κ2) is 11.5. The lowest BCUT2D eigenvalue weighted by Crippen LogP contribution is -2.29. The molecule has 3 rings (SSSR count). The molecule has 6 nitrogen and oxygen atoms in total. The minimum atomic E-state index is -0.605.